The van der Waals surface area contributed by atoms with Gasteiger partial charge in [-0.25, -0.2) is 9.69 Å². The number of hydrogen-bond acceptors (Lipinski definition) is 3. The zero-order valence-corrected chi connectivity index (χ0v) is 8.85. The molecule has 0 aromatic heterocycles. The van der Waals surface area contributed by atoms with Gasteiger partial charge >= 0.3 is 6.03 Å². The van der Waals surface area contributed by atoms with Crippen LogP contribution in [0.3, 0.4) is 0 Å². The van der Waals surface area contributed by atoms with Crippen LogP contribution in [0.5, 0.6) is 0 Å². The monoisotopic (exact) mass is 227 g/mol. The lowest BCUT2D eigenvalue weighted by molar-refractivity contribution is -0.113. The number of hydrogen-bond donors (Lipinski definition) is 0. The van der Waals surface area contributed by atoms with E-state index >= 15 is 0 Å². The number of imide groups is 1. The van der Waals surface area contributed by atoms with Gasteiger partial charge < -0.3 is 0 Å². The van der Waals surface area contributed by atoms with E-state index in [1.165, 1.54) is 24.4 Å². The Morgan fingerprint density at radius 1 is 1.00 bits per heavy atom. The third kappa shape index (κ3) is 2.52. The van der Waals surface area contributed by atoms with Gasteiger partial charge in [-0.3, -0.25) is 4.79 Å². The molecule has 0 aliphatic carbocycles. The van der Waals surface area contributed by atoms with Crippen LogP contribution in [0.15, 0.2) is 65.0 Å². The van der Waals surface area contributed by atoms with Gasteiger partial charge in [0.15, 0.2) is 0 Å². The second kappa shape index (κ2) is 4.98. The standard InChI is InChI=1S/C12H9N3O2/c16-11-8-4-5-9-13-14-12(17)15(11)10-6-2-1-3-7-10/h1-9H/b8-4-,9-5-,14-13-. The van der Waals surface area contributed by atoms with Crippen molar-refractivity contribution < 1.29 is 9.59 Å². The zero-order chi connectivity index (χ0) is 12.1. The fourth-order valence-corrected chi connectivity index (χ4v) is 1.34. The van der Waals surface area contributed by atoms with Crippen molar-refractivity contribution in [2.24, 2.45) is 10.2 Å². The SMILES string of the molecule is O=C1\C=C/C=C\N=N/C(=O)N1c1ccccc1. The van der Waals surface area contributed by atoms with E-state index in [2.05, 4.69) is 10.2 Å². The molecule has 0 saturated heterocycles. The molecule has 1 aromatic rings. The summed E-state index contributed by atoms with van der Waals surface area (Å²) >= 11 is 0. The highest BCUT2D eigenvalue weighted by molar-refractivity contribution is 6.18. The van der Waals surface area contributed by atoms with E-state index in [9.17, 15) is 9.59 Å². The predicted molar refractivity (Wildman–Crippen MR) is 62.5 cm³/mol. The number of benzene rings is 1. The average Bonchev–Trinajstić information content (AvgIpc) is 2.42. The Bertz CT molecular complexity index is 490. The van der Waals surface area contributed by atoms with E-state index in [1.54, 1.807) is 30.3 Å². The molecule has 1 aromatic carbocycles. The highest BCUT2D eigenvalue weighted by atomic mass is 16.2. The van der Waals surface area contributed by atoms with Gasteiger partial charge in [-0.1, -0.05) is 29.4 Å². The maximum absolute atomic E-state index is 11.8. The van der Waals surface area contributed by atoms with E-state index in [4.69, 9.17) is 0 Å². The Labute approximate surface area is 97.8 Å². The number of para-hydroxylation sites is 1. The fraction of sp³-hybridized carbons (Fsp3) is 0. The minimum atomic E-state index is -0.711. The van der Waals surface area contributed by atoms with Gasteiger partial charge in [-0.15, -0.1) is 0 Å². The van der Waals surface area contributed by atoms with E-state index in [0.717, 1.165) is 4.90 Å². The number of azo groups is 1. The summed E-state index contributed by atoms with van der Waals surface area (Å²) in [4.78, 5) is 24.5. The van der Waals surface area contributed by atoms with Crippen molar-refractivity contribution in [2.75, 3.05) is 4.90 Å². The molecule has 84 valence electrons. The topological polar surface area (TPSA) is 62.1 Å². The second-order valence-electron chi connectivity index (χ2n) is 3.21. The van der Waals surface area contributed by atoms with Gasteiger partial charge in [0.2, 0.25) is 0 Å². The first-order chi connectivity index (χ1) is 8.29. The maximum atomic E-state index is 11.8. The minimum absolute atomic E-state index is 0.452. The van der Waals surface area contributed by atoms with Crippen molar-refractivity contribution in [1.29, 1.82) is 0 Å². The maximum Gasteiger partial charge on any atom is 0.373 e. The number of allylic oxidation sites excluding steroid dienone is 2. The zero-order valence-electron chi connectivity index (χ0n) is 8.85. The largest absolute Gasteiger partial charge is 0.373 e. The molecule has 2 rings (SSSR count). The lowest BCUT2D eigenvalue weighted by Gasteiger charge is -2.15. The van der Waals surface area contributed by atoms with E-state index in [-0.39, 0.29) is 0 Å². The summed E-state index contributed by atoms with van der Waals surface area (Å²) in [6.45, 7) is 0. The summed E-state index contributed by atoms with van der Waals surface area (Å²) in [7, 11) is 0. The summed E-state index contributed by atoms with van der Waals surface area (Å²) in [5.41, 5.74) is 0.466. The molecule has 0 bridgehead atoms. The number of carbonyl (C=O) groups is 2. The normalized spacial score (nSPS) is 21.3. The summed E-state index contributed by atoms with van der Waals surface area (Å²) in [5.74, 6) is -0.452. The van der Waals surface area contributed by atoms with Crippen LogP contribution in [0.2, 0.25) is 0 Å². The number of rotatable bonds is 1. The van der Waals surface area contributed by atoms with Crippen LogP contribution >= 0.6 is 0 Å². The molecule has 5 heteroatoms. The lowest BCUT2D eigenvalue weighted by Crippen LogP contribution is -2.33. The third-order valence-electron chi connectivity index (χ3n) is 2.07. The summed E-state index contributed by atoms with van der Waals surface area (Å²) in [5, 5.41) is 6.95. The summed E-state index contributed by atoms with van der Waals surface area (Å²) < 4.78 is 0. The van der Waals surface area contributed by atoms with Crippen LogP contribution in [0.4, 0.5) is 10.5 Å². The van der Waals surface area contributed by atoms with Crippen LogP contribution in [-0.2, 0) is 4.79 Å². The van der Waals surface area contributed by atoms with E-state index < -0.39 is 11.9 Å². The molecular weight excluding hydrogens is 218 g/mol. The average molecular weight is 227 g/mol. The van der Waals surface area contributed by atoms with Crippen molar-refractivity contribution in [3.63, 3.8) is 0 Å². The predicted octanol–water partition coefficient (Wildman–Crippen LogP) is 2.68. The number of urea groups is 1. The second-order valence-corrected chi connectivity index (χ2v) is 3.21. The first-order valence-electron chi connectivity index (χ1n) is 4.96. The molecule has 0 unspecified atom stereocenters. The van der Waals surface area contributed by atoms with Gasteiger partial charge in [0.05, 0.1) is 5.69 Å². The fourth-order valence-electron chi connectivity index (χ4n) is 1.34. The van der Waals surface area contributed by atoms with Gasteiger partial charge in [0, 0.05) is 12.3 Å². The summed E-state index contributed by atoms with van der Waals surface area (Å²) in [6, 6.07) is 7.88. The van der Waals surface area contributed by atoms with Gasteiger partial charge in [-0.05, 0) is 18.2 Å². The molecule has 1 heterocycles. The molecule has 0 radical (unpaired) electrons. The molecule has 0 fully saturated rings. The molecule has 1 aliphatic heterocycles. The Kier molecular flexibility index (Phi) is 3.20. The Balaban J connectivity index is 2.42. The highest BCUT2D eigenvalue weighted by Gasteiger charge is 2.21. The van der Waals surface area contributed by atoms with Crippen LogP contribution in [0, 0.1) is 0 Å². The highest BCUT2D eigenvalue weighted by Crippen LogP contribution is 2.15. The molecule has 5 nitrogen and oxygen atoms in total. The first-order valence-corrected chi connectivity index (χ1v) is 4.96. The molecule has 0 saturated carbocycles. The lowest BCUT2D eigenvalue weighted by atomic mass is 10.3. The molecular formula is C12H9N3O2. The number of anilines is 1. The quantitative estimate of drug-likeness (QED) is 0.740. The van der Waals surface area contributed by atoms with Gasteiger partial charge in [0.25, 0.3) is 5.91 Å². The van der Waals surface area contributed by atoms with Crippen molar-refractivity contribution in [3.8, 4) is 0 Å². The minimum Gasteiger partial charge on any atom is -0.269 e. The van der Waals surface area contributed by atoms with E-state index in [1.807, 2.05) is 0 Å². The molecule has 0 N–H and O–H groups in total. The molecule has 1 aliphatic rings. The van der Waals surface area contributed by atoms with Crippen LogP contribution < -0.4 is 4.90 Å². The van der Waals surface area contributed by atoms with Crippen molar-refractivity contribution in [2.45, 2.75) is 0 Å². The van der Waals surface area contributed by atoms with E-state index in [0.29, 0.717) is 5.69 Å². The van der Waals surface area contributed by atoms with Crippen molar-refractivity contribution >= 4 is 17.6 Å². The Morgan fingerprint density at radius 2 is 1.76 bits per heavy atom. The van der Waals surface area contributed by atoms with Gasteiger partial charge in [-0.2, -0.15) is 5.11 Å². The Hall–Kier alpha value is -2.56. The number of carbonyl (C=O) groups excluding carboxylic acids is 2. The number of amides is 3. The van der Waals surface area contributed by atoms with Crippen LogP contribution in [-0.4, -0.2) is 11.9 Å². The summed E-state index contributed by atoms with van der Waals surface area (Å²) in [6.07, 6.45) is 5.67. The smallest absolute Gasteiger partial charge is 0.269 e. The molecule has 3 amide bonds. The molecule has 17 heavy (non-hydrogen) atoms. The first kappa shape index (κ1) is 10.9. The number of nitrogens with zero attached hydrogens (tertiary/aromatic N) is 3. The van der Waals surface area contributed by atoms with Gasteiger partial charge in [0.1, 0.15) is 0 Å². The Morgan fingerprint density at radius 3 is 2.53 bits per heavy atom. The van der Waals surface area contributed by atoms with Crippen molar-refractivity contribution in [1.82, 2.24) is 0 Å². The third-order valence-corrected chi connectivity index (χ3v) is 2.07. The molecule has 0 spiro atoms. The molecule has 0 atom stereocenters. The van der Waals surface area contributed by atoms with Crippen LogP contribution in [0.25, 0.3) is 0 Å². The van der Waals surface area contributed by atoms with Crippen molar-refractivity contribution in [3.05, 3.63) is 54.8 Å². The van der Waals surface area contributed by atoms with Crippen LogP contribution in [0.1, 0.15) is 0 Å².